The van der Waals surface area contributed by atoms with Crippen LogP contribution in [0.15, 0.2) is 16.9 Å². The van der Waals surface area contributed by atoms with Crippen molar-refractivity contribution < 1.29 is 9.90 Å². The number of fused-ring (bicyclic) bond motifs is 1. The van der Waals surface area contributed by atoms with Gasteiger partial charge in [0.25, 0.3) is 0 Å². The SMILES string of the molecule is Cn1c(=O)n(CC(C)(C)C)c2ccc(C3CCC(C)(C)C(NC(=O)O)C3)nc21. The predicted octanol–water partition coefficient (Wildman–Crippen LogP) is 3.71. The lowest BCUT2D eigenvalue weighted by molar-refractivity contribution is 0.134. The van der Waals surface area contributed by atoms with E-state index >= 15 is 0 Å². The van der Waals surface area contributed by atoms with Crippen molar-refractivity contribution in [3.63, 3.8) is 0 Å². The number of aryl methyl sites for hydroxylation is 1. The molecule has 1 aliphatic rings. The molecule has 0 aliphatic heterocycles. The van der Waals surface area contributed by atoms with E-state index in [1.165, 1.54) is 0 Å². The van der Waals surface area contributed by atoms with Gasteiger partial charge in [0.1, 0.15) is 0 Å². The van der Waals surface area contributed by atoms with Gasteiger partial charge in [0.05, 0.1) is 5.52 Å². The van der Waals surface area contributed by atoms with E-state index in [1.807, 2.05) is 12.1 Å². The molecule has 0 aromatic carbocycles. The molecular weight excluding hydrogens is 356 g/mol. The Morgan fingerprint density at radius 2 is 2.04 bits per heavy atom. The molecule has 0 bridgehead atoms. The van der Waals surface area contributed by atoms with Crippen molar-refractivity contribution in [3.05, 3.63) is 28.3 Å². The van der Waals surface area contributed by atoms with Gasteiger partial charge in [-0.25, -0.2) is 14.6 Å². The van der Waals surface area contributed by atoms with Gasteiger partial charge < -0.3 is 10.4 Å². The number of pyridine rings is 1. The van der Waals surface area contributed by atoms with Gasteiger partial charge >= 0.3 is 11.8 Å². The first kappa shape index (κ1) is 20.4. The summed E-state index contributed by atoms with van der Waals surface area (Å²) in [6, 6.07) is 3.88. The Labute approximate surface area is 165 Å². The van der Waals surface area contributed by atoms with Crippen molar-refractivity contribution in [2.75, 3.05) is 0 Å². The van der Waals surface area contributed by atoms with Gasteiger partial charge in [0.2, 0.25) is 0 Å². The van der Waals surface area contributed by atoms with Crippen LogP contribution in [0.25, 0.3) is 11.2 Å². The van der Waals surface area contributed by atoms with Crippen LogP contribution in [0.3, 0.4) is 0 Å². The lowest BCUT2D eigenvalue weighted by Gasteiger charge is -2.41. The molecule has 1 aliphatic carbocycles. The molecule has 1 amide bonds. The Hall–Kier alpha value is -2.31. The second-order valence-electron chi connectivity index (χ2n) is 10.0. The topological polar surface area (TPSA) is 89.2 Å². The molecule has 0 saturated heterocycles. The fourth-order valence-electron chi connectivity index (χ4n) is 4.26. The molecule has 2 N–H and O–H groups in total. The fourth-order valence-corrected chi connectivity index (χ4v) is 4.26. The standard InChI is InChI=1S/C21H32N4O3/c1-20(2,3)12-25-15-8-7-14(22-17(15)24(6)19(25)28)13-9-10-21(4,5)16(11-13)23-18(26)27/h7-8,13,16,23H,9-12H2,1-6H3,(H,26,27). The monoisotopic (exact) mass is 388 g/mol. The zero-order valence-electron chi connectivity index (χ0n) is 17.7. The van der Waals surface area contributed by atoms with Crippen LogP contribution >= 0.6 is 0 Å². The Kier molecular flexibility index (Phi) is 5.06. The summed E-state index contributed by atoms with van der Waals surface area (Å²) in [5, 5.41) is 11.9. The second kappa shape index (κ2) is 6.94. The number of amides is 1. The molecule has 7 nitrogen and oxygen atoms in total. The van der Waals surface area contributed by atoms with Gasteiger partial charge in [-0.05, 0) is 42.2 Å². The van der Waals surface area contributed by atoms with Crippen molar-refractivity contribution in [2.45, 2.75) is 72.4 Å². The van der Waals surface area contributed by atoms with Crippen molar-refractivity contribution in [1.29, 1.82) is 0 Å². The maximum Gasteiger partial charge on any atom is 0.404 e. The van der Waals surface area contributed by atoms with Crippen molar-refractivity contribution in [2.24, 2.45) is 17.9 Å². The molecule has 2 heterocycles. The van der Waals surface area contributed by atoms with Crippen LogP contribution in [0, 0.1) is 10.8 Å². The number of hydrogen-bond donors (Lipinski definition) is 2. The van der Waals surface area contributed by atoms with Crippen molar-refractivity contribution in [1.82, 2.24) is 19.4 Å². The van der Waals surface area contributed by atoms with Crippen LogP contribution in [-0.2, 0) is 13.6 Å². The van der Waals surface area contributed by atoms with E-state index < -0.39 is 6.09 Å². The predicted molar refractivity (Wildman–Crippen MR) is 110 cm³/mol. The Morgan fingerprint density at radius 3 is 2.64 bits per heavy atom. The van der Waals surface area contributed by atoms with Crippen LogP contribution in [-0.4, -0.2) is 31.4 Å². The van der Waals surface area contributed by atoms with Crippen LogP contribution < -0.4 is 11.0 Å². The molecule has 2 aromatic heterocycles. The highest BCUT2D eigenvalue weighted by atomic mass is 16.4. The molecule has 7 heteroatoms. The van der Waals surface area contributed by atoms with E-state index in [4.69, 9.17) is 4.98 Å². The summed E-state index contributed by atoms with van der Waals surface area (Å²) in [6.45, 7) is 11.2. The normalized spacial score (nSPS) is 22.4. The lowest BCUT2D eigenvalue weighted by atomic mass is 9.68. The first-order chi connectivity index (χ1) is 12.9. The van der Waals surface area contributed by atoms with Gasteiger partial charge in [-0.2, -0.15) is 0 Å². The number of nitrogens with one attached hydrogen (secondary N) is 1. The second-order valence-corrected chi connectivity index (χ2v) is 10.0. The first-order valence-corrected chi connectivity index (χ1v) is 9.95. The third kappa shape index (κ3) is 3.93. The summed E-state index contributed by atoms with van der Waals surface area (Å²) in [5.41, 5.74) is 2.33. The Balaban J connectivity index is 1.96. The molecule has 0 spiro atoms. The summed E-state index contributed by atoms with van der Waals surface area (Å²) in [5.74, 6) is 0.176. The number of imidazole rings is 1. The maximum atomic E-state index is 12.7. The number of rotatable bonds is 3. The minimum absolute atomic E-state index is 0.0124. The quantitative estimate of drug-likeness (QED) is 0.839. The van der Waals surface area contributed by atoms with E-state index in [0.717, 1.165) is 24.1 Å². The van der Waals surface area contributed by atoms with Gasteiger partial charge in [0, 0.05) is 31.2 Å². The smallest absolute Gasteiger partial charge is 0.404 e. The molecule has 3 rings (SSSR count). The molecule has 2 aromatic rings. The average Bonchev–Trinajstić information content (AvgIpc) is 2.80. The summed E-state index contributed by atoms with van der Waals surface area (Å²) in [4.78, 5) is 28.8. The first-order valence-electron chi connectivity index (χ1n) is 9.95. The number of carboxylic acid groups (broad SMARTS) is 1. The highest BCUT2D eigenvalue weighted by molar-refractivity contribution is 5.72. The van der Waals surface area contributed by atoms with E-state index in [9.17, 15) is 14.7 Å². The zero-order valence-corrected chi connectivity index (χ0v) is 17.7. The molecule has 2 unspecified atom stereocenters. The van der Waals surface area contributed by atoms with Crippen LogP contribution in [0.1, 0.15) is 65.5 Å². The number of hydrogen-bond acceptors (Lipinski definition) is 3. The lowest BCUT2D eigenvalue weighted by Crippen LogP contribution is -2.48. The van der Waals surface area contributed by atoms with Gasteiger partial charge in [-0.1, -0.05) is 34.6 Å². The Morgan fingerprint density at radius 1 is 1.36 bits per heavy atom. The summed E-state index contributed by atoms with van der Waals surface area (Å²) in [6.07, 6.45) is 1.62. The molecule has 0 radical (unpaired) electrons. The average molecular weight is 389 g/mol. The molecule has 28 heavy (non-hydrogen) atoms. The van der Waals surface area contributed by atoms with Crippen molar-refractivity contribution >= 4 is 17.3 Å². The van der Waals surface area contributed by atoms with Gasteiger partial charge in [0.15, 0.2) is 5.65 Å². The minimum atomic E-state index is -0.983. The van der Waals surface area contributed by atoms with Crippen LogP contribution in [0.4, 0.5) is 4.79 Å². The van der Waals surface area contributed by atoms with E-state index in [2.05, 4.69) is 39.9 Å². The summed E-state index contributed by atoms with van der Waals surface area (Å²) >= 11 is 0. The third-order valence-corrected chi connectivity index (χ3v) is 5.95. The summed E-state index contributed by atoms with van der Waals surface area (Å²) < 4.78 is 3.41. The van der Waals surface area contributed by atoms with Crippen LogP contribution in [0.2, 0.25) is 0 Å². The number of nitrogens with zero attached hydrogens (tertiary/aromatic N) is 3. The van der Waals surface area contributed by atoms with Gasteiger partial charge in [-0.3, -0.25) is 9.13 Å². The fraction of sp³-hybridized carbons (Fsp3) is 0.667. The molecule has 2 atom stereocenters. The van der Waals surface area contributed by atoms with E-state index in [-0.39, 0.29) is 28.5 Å². The molecule has 1 fully saturated rings. The van der Waals surface area contributed by atoms with Crippen molar-refractivity contribution in [3.8, 4) is 0 Å². The number of aromatic nitrogens is 3. The van der Waals surface area contributed by atoms with Crippen LogP contribution in [0.5, 0.6) is 0 Å². The maximum absolute atomic E-state index is 12.7. The minimum Gasteiger partial charge on any atom is -0.465 e. The largest absolute Gasteiger partial charge is 0.465 e. The molecular formula is C21H32N4O3. The zero-order chi connectivity index (χ0) is 20.9. The third-order valence-electron chi connectivity index (χ3n) is 5.95. The van der Waals surface area contributed by atoms with Gasteiger partial charge in [-0.15, -0.1) is 0 Å². The molecule has 154 valence electrons. The highest BCUT2D eigenvalue weighted by Crippen LogP contribution is 2.42. The number of carbonyl (C=O) groups is 1. The highest BCUT2D eigenvalue weighted by Gasteiger charge is 2.38. The summed E-state index contributed by atoms with van der Waals surface area (Å²) in [7, 11) is 1.76. The van der Waals surface area contributed by atoms with E-state index in [0.29, 0.717) is 18.6 Å². The van der Waals surface area contributed by atoms with E-state index in [1.54, 1.807) is 16.2 Å². The Bertz CT molecular complexity index is 949. The molecule has 1 saturated carbocycles.